The SMILES string of the molecule is NC1(N2CCOCC2)NC=C(c2cccnc2)C=C1C(=O)NC1CCN(C(=O)c2ccc(-c3ccccc3)cc2)C1. The molecule has 2 amide bonds. The lowest BCUT2D eigenvalue weighted by atomic mass is 9.95. The molecule has 3 aliphatic heterocycles. The Labute approximate surface area is 239 Å². The zero-order chi connectivity index (χ0) is 28.2. The van der Waals surface area contributed by atoms with E-state index < -0.39 is 5.79 Å². The fraction of sp³-hybridized carbons (Fsp3) is 0.281. The van der Waals surface area contributed by atoms with Crippen molar-refractivity contribution in [2.75, 3.05) is 39.4 Å². The number of carbonyl (C=O) groups excluding carboxylic acids is 2. The van der Waals surface area contributed by atoms with Gasteiger partial charge in [-0.3, -0.25) is 25.2 Å². The third-order valence-corrected chi connectivity index (χ3v) is 7.96. The van der Waals surface area contributed by atoms with Crippen LogP contribution in [0.5, 0.6) is 0 Å². The maximum absolute atomic E-state index is 13.8. The molecule has 6 rings (SSSR count). The fourth-order valence-corrected chi connectivity index (χ4v) is 5.63. The number of morpholine rings is 1. The molecule has 4 N–H and O–H groups in total. The van der Waals surface area contributed by atoms with E-state index in [1.54, 1.807) is 17.3 Å². The van der Waals surface area contributed by atoms with Crippen LogP contribution in [0.3, 0.4) is 0 Å². The van der Waals surface area contributed by atoms with Gasteiger partial charge in [0, 0.05) is 61.9 Å². The van der Waals surface area contributed by atoms with Crippen LogP contribution in [0.1, 0.15) is 22.3 Å². The van der Waals surface area contributed by atoms with E-state index in [0.29, 0.717) is 57.0 Å². The smallest absolute Gasteiger partial charge is 0.253 e. The topological polar surface area (TPSA) is 113 Å². The number of hydrogen-bond acceptors (Lipinski definition) is 7. The number of likely N-dealkylation sites (tertiary alicyclic amines) is 1. The van der Waals surface area contributed by atoms with Crippen LogP contribution in [0.2, 0.25) is 0 Å². The number of pyridine rings is 1. The number of nitrogens with one attached hydrogen (secondary N) is 2. The Morgan fingerprint density at radius 3 is 2.41 bits per heavy atom. The van der Waals surface area contributed by atoms with E-state index in [-0.39, 0.29) is 17.9 Å². The van der Waals surface area contributed by atoms with Crippen LogP contribution in [-0.4, -0.2) is 77.8 Å². The first-order chi connectivity index (χ1) is 20.0. The van der Waals surface area contributed by atoms with E-state index in [9.17, 15) is 9.59 Å². The Morgan fingerprint density at radius 2 is 1.68 bits per heavy atom. The lowest BCUT2D eigenvalue weighted by Crippen LogP contribution is -2.70. The van der Waals surface area contributed by atoms with Crippen molar-refractivity contribution in [3.8, 4) is 11.1 Å². The summed E-state index contributed by atoms with van der Waals surface area (Å²) < 4.78 is 5.52. The van der Waals surface area contributed by atoms with E-state index in [2.05, 4.69) is 15.6 Å². The minimum absolute atomic E-state index is 0.0387. The molecule has 3 aromatic rings. The largest absolute Gasteiger partial charge is 0.379 e. The van der Waals surface area contributed by atoms with Gasteiger partial charge in [-0.2, -0.15) is 0 Å². The highest BCUT2D eigenvalue weighted by Gasteiger charge is 2.43. The minimum atomic E-state index is -1.19. The van der Waals surface area contributed by atoms with Gasteiger partial charge < -0.3 is 20.3 Å². The number of allylic oxidation sites excluding steroid dienone is 2. The van der Waals surface area contributed by atoms with Crippen LogP contribution in [0.25, 0.3) is 16.7 Å². The standard InChI is InChI=1S/C32H34N6O3/c33-32(38-15-17-41-18-16-38)29(19-27(21-35-32)26-7-4-13-34-20-26)30(39)36-28-12-14-37(22-28)31(40)25-10-8-24(9-11-25)23-5-2-1-3-6-23/h1-11,13,19-21,28,35H,12,14-18,22,33H2,(H,36,39). The van der Waals surface area contributed by atoms with E-state index in [0.717, 1.165) is 22.3 Å². The van der Waals surface area contributed by atoms with Gasteiger partial charge in [0.2, 0.25) is 0 Å². The predicted molar refractivity (Wildman–Crippen MR) is 157 cm³/mol. The Bertz CT molecular complexity index is 1450. The van der Waals surface area contributed by atoms with Gasteiger partial charge in [0.05, 0.1) is 18.8 Å². The van der Waals surface area contributed by atoms with Gasteiger partial charge in [0.15, 0.2) is 5.79 Å². The molecule has 0 saturated carbocycles. The second-order valence-corrected chi connectivity index (χ2v) is 10.6. The molecule has 2 aromatic carbocycles. The maximum atomic E-state index is 13.8. The van der Waals surface area contributed by atoms with Crippen molar-refractivity contribution >= 4 is 17.4 Å². The molecular formula is C32H34N6O3. The number of ether oxygens (including phenoxy) is 1. The average molecular weight is 551 g/mol. The van der Waals surface area contributed by atoms with Crippen LogP contribution in [0.15, 0.2) is 97.0 Å². The zero-order valence-electron chi connectivity index (χ0n) is 22.8. The van der Waals surface area contributed by atoms with E-state index >= 15 is 0 Å². The molecule has 41 heavy (non-hydrogen) atoms. The first-order valence-electron chi connectivity index (χ1n) is 14.0. The van der Waals surface area contributed by atoms with Gasteiger partial charge in [0.1, 0.15) is 0 Å². The molecule has 0 aliphatic carbocycles. The number of aromatic nitrogens is 1. The quantitative estimate of drug-likeness (QED) is 0.433. The van der Waals surface area contributed by atoms with Crippen molar-refractivity contribution in [3.05, 3.63) is 108 Å². The molecule has 1 aromatic heterocycles. The molecule has 0 radical (unpaired) electrons. The van der Waals surface area contributed by atoms with E-state index in [4.69, 9.17) is 10.5 Å². The summed E-state index contributed by atoms with van der Waals surface area (Å²) in [5.74, 6) is -1.48. The molecule has 2 unspecified atom stereocenters. The van der Waals surface area contributed by atoms with Crippen LogP contribution in [-0.2, 0) is 9.53 Å². The number of nitrogens with zero attached hydrogens (tertiary/aromatic N) is 3. The van der Waals surface area contributed by atoms with E-state index in [1.807, 2.05) is 83.9 Å². The molecule has 3 aliphatic rings. The van der Waals surface area contributed by atoms with E-state index in [1.165, 1.54) is 0 Å². The minimum Gasteiger partial charge on any atom is -0.379 e. The number of carbonyl (C=O) groups is 2. The summed E-state index contributed by atoms with van der Waals surface area (Å²) in [5.41, 5.74) is 11.8. The average Bonchev–Trinajstić information content (AvgIpc) is 3.50. The Morgan fingerprint density at radius 1 is 0.951 bits per heavy atom. The van der Waals surface area contributed by atoms with Gasteiger partial charge in [-0.25, -0.2) is 0 Å². The summed E-state index contributed by atoms with van der Waals surface area (Å²) in [4.78, 5) is 35.1. The summed E-state index contributed by atoms with van der Waals surface area (Å²) in [5, 5.41) is 6.46. The normalized spacial score (nSPS) is 22.9. The molecule has 9 nitrogen and oxygen atoms in total. The number of hydrogen-bond donors (Lipinski definition) is 3. The lowest BCUT2D eigenvalue weighted by molar-refractivity contribution is -0.120. The summed E-state index contributed by atoms with van der Waals surface area (Å²) in [7, 11) is 0. The second kappa shape index (κ2) is 11.7. The lowest BCUT2D eigenvalue weighted by Gasteiger charge is -2.45. The summed E-state index contributed by atoms with van der Waals surface area (Å²) in [6, 6.07) is 21.4. The summed E-state index contributed by atoms with van der Waals surface area (Å²) in [6.07, 6.45) is 7.81. The summed E-state index contributed by atoms with van der Waals surface area (Å²) >= 11 is 0. The molecule has 210 valence electrons. The fourth-order valence-electron chi connectivity index (χ4n) is 5.63. The highest BCUT2D eigenvalue weighted by Crippen LogP contribution is 2.29. The van der Waals surface area contributed by atoms with Crippen molar-refractivity contribution in [3.63, 3.8) is 0 Å². The molecule has 9 heteroatoms. The van der Waals surface area contributed by atoms with Gasteiger partial charge in [-0.05, 0) is 47.4 Å². The Balaban J connectivity index is 1.15. The highest BCUT2D eigenvalue weighted by molar-refractivity contribution is 6.00. The third kappa shape index (κ3) is 5.65. The highest BCUT2D eigenvalue weighted by atomic mass is 16.5. The number of dihydropyridines is 1. The Hall–Kier alpha value is -4.31. The molecule has 0 bridgehead atoms. The molecular weight excluding hydrogens is 516 g/mol. The van der Waals surface area contributed by atoms with Crippen molar-refractivity contribution in [2.45, 2.75) is 18.2 Å². The van der Waals surface area contributed by atoms with Crippen LogP contribution in [0, 0.1) is 0 Å². The van der Waals surface area contributed by atoms with Gasteiger partial charge >= 0.3 is 0 Å². The molecule has 4 heterocycles. The first-order valence-corrected chi connectivity index (χ1v) is 14.0. The van der Waals surface area contributed by atoms with Crippen LogP contribution in [0.4, 0.5) is 0 Å². The summed E-state index contributed by atoms with van der Waals surface area (Å²) in [6.45, 7) is 3.28. The Kier molecular flexibility index (Phi) is 7.65. The number of nitrogens with two attached hydrogens (primary N) is 1. The van der Waals surface area contributed by atoms with Crippen molar-refractivity contribution in [1.82, 2.24) is 25.4 Å². The molecule has 2 fully saturated rings. The van der Waals surface area contributed by atoms with Gasteiger partial charge in [0.25, 0.3) is 11.8 Å². The van der Waals surface area contributed by atoms with Crippen LogP contribution >= 0.6 is 0 Å². The third-order valence-electron chi connectivity index (χ3n) is 7.96. The first kappa shape index (κ1) is 26.9. The number of rotatable bonds is 6. The maximum Gasteiger partial charge on any atom is 0.253 e. The zero-order valence-corrected chi connectivity index (χ0v) is 22.8. The van der Waals surface area contributed by atoms with Crippen molar-refractivity contribution in [2.24, 2.45) is 5.73 Å². The number of benzene rings is 2. The van der Waals surface area contributed by atoms with Gasteiger partial charge in [-0.15, -0.1) is 0 Å². The number of amides is 2. The van der Waals surface area contributed by atoms with Crippen molar-refractivity contribution in [1.29, 1.82) is 0 Å². The second-order valence-electron chi connectivity index (χ2n) is 10.6. The molecule has 2 saturated heterocycles. The van der Waals surface area contributed by atoms with Gasteiger partial charge in [-0.1, -0.05) is 48.5 Å². The van der Waals surface area contributed by atoms with Crippen molar-refractivity contribution < 1.29 is 14.3 Å². The predicted octanol–water partition coefficient (Wildman–Crippen LogP) is 2.59. The molecule has 2 atom stereocenters. The molecule has 0 spiro atoms. The monoisotopic (exact) mass is 550 g/mol. The van der Waals surface area contributed by atoms with Crippen LogP contribution < -0.4 is 16.4 Å².